The van der Waals surface area contributed by atoms with Crippen molar-refractivity contribution in [2.75, 3.05) is 4.90 Å². The number of hydrogen-bond acceptors (Lipinski definition) is 2. The lowest BCUT2D eigenvalue weighted by Gasteiger charge is -2.28. The van der Waals surface area contributed by atoms with Crippen molar-refractivity contribution in [2.45, 2.75) is 0 Å². The molecule has 0 spiro atoms. The van der Waals surface area contributed by atoms with Crippen LogP contribution in [0.25, 0.3) is 85.9 Å². The first-order valence-electron chi connectivity index (χ1n) is 19.2. The molecule has 0 aliphatic rings. The molecule has 0 saturated carbocycles. The molecule has 11 aromatic rings. The molecular weight excluding hydrogens is 695 g/mol. The minimum Gasteiger partial charge on any atom is -0.310 e. The number of rotatable bonds is 6. The van der Waals surface area contributed by atoms with Gasteiger partial charge in [-0.2, -0.15) is 0 Å². The molecule has 11 rings (SSSR count). The molecule has 0 aliphatic heterocycles. The third-order valence-electron chi connectivity index (χ3n) is 11.3. The van der Waals surface area contributed by atoms with Crippen LogP contribution in [0.1, 0.15) is 0 Å². The Morgan fingerprint density at radius 1 is 0.304 bits per heavy atom. The van der Waals surface area contributed by atoms with Crippen LogP contribution in [0.3, 0.4) is 0 Å². The first-order chi connectivity index (χ1) is 27.8. The van der Waals surface area contributed by atoms with Gasteiger partial charge in [-0.25, -0.2) is 0 Å². The van der Waals surface area contributed by atoms with Crippen molar-refractivity contribution in [1.29, 1.82) is 0 Å². The van der Waals surface area contributed by atoms with Crippen molar-refractivity contribution < 1.29 is 0 Å². The Hall–Kier alpha value is -7.00. The number of hydrogen-bond donors (Lipinski definition) is 0. The minimum absolute atomic E-state index is 1.11. The van der Waals surface area contributed by atoms with Gasteiger partial charge in [0.15, 0.2) is 0 Å². The fraction of sp³-hybridized carbons (Fsp3) is 0. The molecule has 1 heterocycles. The first kappa shape index (κ1) is 32.4. The van der Waals surface area contributed by atoms with Gasteiger partial charge in [-0.1, -0.05) is 170 Å². The number of nitrogens with zero attached hydrogens (tertiary/aromatic N) is 1. The van der Waals surface area contributed by atoms with Gasteiger partial charge in [-0.3, -0.25) is 0 Å². The van der Waals surface area contributed by atoms with Crippen molar-refractivity contribution in [2.24, 2.45) is 0 Å². The van der Waals surface area contributed by atoms with Gasteiger partial charge in [-0.15, -0.1) is 11.3 Å². The fourth-order valence-electron chi connectivity index (χ4n) is 8.53. The number of anilines is 3. The Labute approximate surface area is 330 Å². The van der Waals surface area contributed by atoms with Gasteiger partial charge in [0.05, 0.1) is 5.69 Å². The molecule has 0 N–H and O–H groups in total. The number of fused-ring (bicyclic) bond motifs is 8. The van der Waals surface area contributed by atoms with Crippen molar-refractivity contribution in [1.82, 2.24) is 0 Å². The van der Waals surface area contributed by atoms with E-state index in [0.29, 0.717) is 0 Å². The zero-order valence-corrected chi connectivity index (χ0v) is 31.4. The van der Waals surface area contributed by atoms with E-state index in [1.807, 2.05) is 11.3 Å². The summed E-state index contributed by atoms with van der Waals surface area (Å²) in [5, 5.41) is 10.3. The molecule has 10 aromatic carbocycles. The molecule has 56 heavy (non-hydrogen) atoms. The van der Waals surface area contributed by atoms with E-state index in [-0.39, 0.29) is 0 Å². The molecular formula is C54H35NS. The van der Waals surface area contributed by atoms with Crippen LogP contribution in [-0.4, -0.2) is 0 Å². The first-order valence-corrected chi connectivity index (χ1v) is 20.0. The minimum atomic E-state index is 1.11. The molecule has 262 valence electrons. The Kier molecular flexibility index (Phi) is 7.75. The zero-order chi connectivity index (χ0) is 37.0. The van der Waals surface area contributed by atoms with Gasteiger partial charge in [0, 0.05) is 37.1 Å². The summed E-state index contributed by atoms with van der Waals surface area (Å²) in [6.45, 7) is 0. The Morgan fingerprint density at radius 2 is 0.857 bits per heavy atom. The molecule has 1 nitrogen and oxygen atoms in total. The van der Waals surface area contributed by atoms with E-state index in [9.17, 15) is 0 Å². The van der Waals surface area contributed by atoms with Gasteiger partial charge in [0.2, 0.25) is 0 Å². The van der Waals surface area contributed by atoms with Crippen molar-refractivity contribution in [3.63, 3.8) is 0 Å². The maximum atomic E-state index is 2.40. The van der Waals surface area contributed by atoms with Crippen molar-refractivity contribution >= 4 is 80.9 Å². The maximum absolute atomic E-state index is 2.40. The third-order valence-corrected chi connectivity index (χ3v) is 12.5. The Bertz CT molecular complexity index is 3230. The van der Waals surface area contributed by atoms with Crippen LogP contribution in [-0.2, 0) is 0 Å². The standard InChI is InChI=1S/C54H35NS/c1-2-11-37(12-3-1)46-15-6-8-19-52(46)55(43-30-23-39(24-31-43)47-17-10-18-51-50-16-7-9-20-53(50)56-54(47)51)42-28-21-36(22-29-42)40-26-32-45-41(35-40)27-34-48-44-14-5-4-13-38(44)25-33-49(45)48/h1-35H. The van der Waals surface area contributed by atoms with Gasteiger partial charge >= 0.3 is 0 Å². The topological polar surface area (TPSA) is 3.24 Å². The highest BCUT2D eigenvalue weighted by Gasteiger charge is 2.18. The van der Waals surface area contributed by atoms with E-state index >= 15 is 0 Å². The largest absolute Gasteiger partial charge is 0.310 e. The molecule has 0 fully saturated rings. The highest BCUT2D eigenvalue weighted by molar-refractivity contribution is 7.26. The van der Waals surface area contributed by atoms with Crippen LogP contribution in [0.2, 0.25) is 0 Å². The van der Waals surface area contributed by atoms with E-state index in [1.165, 1.54) is 85.9 Å². The van der Waals surface area contributed by atoms with Gasteiger partial charge < -0.3 is 4.90 Å². The highest BCUT2D eigenvalue weighted by atomic mass is 32.1. The van der Waals surface area contributed by atoms with Crippen LogP contribution >= 0.6 is 11.3 Å². The van der Waals surface area contributed by atoms with Crippen LogP contribution < -0.4 is 4.90 Å². The fourth-order valence-corrected chi connectivity index (χ4v) is 9.77. The number of benzene rings is 10. The Morgan fingerprint density at radius 3 is 1.66 bits per heavy atom. The predicted octanol–water partition coefficient (Wildman–Crippen LogP) is 16.0. The molecule has 0 bridgehead atoms. The summed E-state index contributed by atoms with van der Waals surface area (Å²) in [7, 11) is 0. The van der Waals surface area contributed by atoms with Gasteiger partial charge in [0.25, 0.3) is 0 Å². The summed E-state index contributed by atoms with van der Waals surface area (Å²) in [5.74, 6) is 0. The van der Waals surface area contributed by atoms with Gasteiger partial charge in [0.1, 0.15) is 0 Å². The van der Waals surface area contributed by atoms with Crippen LogP contribution in [0.4, 0.5) is 17.1 Å². The predicted molar refractivity (Wildman–Crippen MR) is 243 cm³/mol. The van der Waals surface area contributed by atoms with E-state index in [1.54, 1.807) is 0 Å². The molecule has 1 aromatic heterocycles. The van der Waals surface area contributed by atoms with E-state index < -0.39 is 0 Å². The molecule has 0 radical (unpaired) electrons. The highest BCUT2D eigenvalue weighted by Crippen LogP contribution is 2.44. The number of thiophene rings is 1. The average Bonchev–Trinajstić information content (AvgIpc) is 3.66. The zero-order valence-electron chi connectivity index (χ0n) is 30.6. The second kappa shape index (κ2) is 13.4. The third kappa shape index (κ3) is 5.46. The summed E-state index contributed by atoms with van der Waals surface area (Å²) in [4.78, 5) is 2.40. The van der Waals surface area contributed by atoms with Crippen LogP contribution in [0.5, 0.6) is 0 Å². The molecule has 0 unspecified atom stereocenters. The van der Waals surface area contributed by atoms with Crippen molar-refractivity contribution in [3.8, 4) is 33.4 Å². The molecule has 0 atom stereocenters. The summed E-state index contributed by atoms with van der Waals surface area (Å²) >= 11 is 1.88. The molecule has 0 aliphatic carbocycles. The summed E-state index contributed by atoms with van der Waals surface area (Å²) in [6.07, 6.45) is 0. The summed E-state index contributed by atoms with van der Waals surface area (Å²) in [5.41, 5.74) is 10.6. The molecule has 0 saturated heterocycles. The molecule has 0 amide bonds. The molecule has 2 heteroatoms. The lowest BCUT2D eigenvalue weighted by Crippen LogP contribution is -2.11. The summed E-state index contributed by atoms with van der Waals surface area (Å²) < 4.78 is 2.66. The second-order valence-electron chi connectivity index (χ2n) is 14.5. The quantitative estimate of drug-likeness (QED) is 0.154. The summed E-state index contributed by atoms with van der Waals surface area (Å²) in [6, 6.07) is 77.6. The van der Waals surface area contributed by atoms with Crippen LogP contribution in [0, 0.1) is 0 Å². The van der Waals surface area contributed by atoms with Gasteiger partial charge in [-0.05, 0) is 103 Å². The van der Waals surface area contributed by atoms with E-state index in [2.05, 4.69) is 217 Å². The number of para-hydroxylation sites is 1. The SMILES string of the molecule is c1ccc(-c2ccccc2N(c2ccc(-c3ccc4c(ccc5c6ccccc6ccc45)c3)cc2)c2ccc(-c3cccc4c3sc3ccccc34)cc2)cc1. The van der Waals surface area contributed by atoms with Crippen LogP contribution in [0.15, 0.2) is 212 Å². The second-order valence-corrected chi connectivity index (χ2v) is 15.5. The van der Waals surface area contributed by atoms with E-state index in [4.69, 9.17) is 0 Å². The average molecular weight is 730 g/mol. The van der Waals surface area contributed by atoms with Crippen molar-refractivity contribution in [3.05, 3.63) is 212 Å². The van der Waals surface area contributed by atoms with E-state index in [0.717, 1.165) is 17.1 Å². The normalized spacial score (nSPS) is 11.6. The smallest absolute Gasteiger partial charge is 0.0540 e. The Balaban J connectivity index is 0.997. The maximum Gasteiger partial charge on any atom is 0.0540 e. The monoisotopic (exact) mass is 729 g/mol. The lowest BCUT2D eigenvalue weighted by atomic mass is 9.94. The lowest BCUT2D eigenvalue weighted by molar-refractivity contribution is 1.28.